The molecule has 0 spiro atoms. The highest BCUT2D eigenvalue weighted by molar-refractivity contribution is 9.10. The van der Waals surface area contributed by atoms with Crippen molar-refractivity contribution in [2.75, 3.05) is 7.05 Å². The second kappa shape index (κ2) is 5.83. The standard InChI is InChI=1S/C12H15BrN2O2S/c1-9-6-11(13)8-12(7-9)18(16,17)15(3)10(2)4-5-14/h6-8,10H,4H2,1-3H3. The second-order valence-corrected chi connectivity index (χ2v) is 7.11. The fourth-order valence-electron chi connectivity index (χ4n) is 1.52. The highest BCUT2D eigenvalue weighted by atomic mass is 79.9. The molecule has 18 heavy (non-hydrogen) atoms. The minimum absolute atomic E-state index is 0.169. The van der Waals surface area contributed by atoms with Crippen LogP contribution < -0.4 is 0 Å². The zero-order valence-corrected chi connectivity index (χ0v) is 12.9. The number of sulfonamides is 1. The summed E-state index contributed by atoms with van der Waals surface area (Å²) in [4.78, 5) is 0.238. The van der Waals surface area contributed by atoms with Crippen molar-refractivity contribution >= 4 is 26.0 Å². The van der Waals surface area contributed by atoms with Crippen molar-refractivity contribution in [2.24, 2.45) is 0 Å². The highest BCUT2D eigenvalue weighted by Gasteiger charge is 2.25. The topological polar surface area (TPSA) is 61.2 Å². The normalized spacial score (nSPS) is 13.3. The highest BCUT2D eigenvalue weighted by Crippen LogP contribution is 2.23. The first-order valence-electron chi connectivity index (χ1n) is 5.41. The van der Waals surface area contributed by atoms with Gasteiger partial charge in [-0.2, -0.15) is 9.57 Å². The Kier molecular flexibility index (Phi) is 4.91. The minimum atomic E-state index is -3.55. The van der Waals surface area contributed by atoms with Crippen LogP contribution in [0.15, 0.2) is 27.6 Å². The molecule has 1 aromatic rings. The van der Waals surface area contributed by atoms with E-state index in [1.807, 2.05) is 19.1 Å². The summed E-state index contributed by atoms with van der Waals surface area (Å²) in [5, 5.41) is 8.63. The number of hydrogen-bond donors (Lipinski definition) is 0. The van der Waals surface area contributed by atoms with Crippen LogP contribution in [0.4, 0.5) is 0 Å². The largest absolute Gasteiger partial charge is 0.243 e. The smallest absolute Gasteiger partial charge is 0.207 e. The number of aryl methyl sites for hydroxylation is 1. The Labute approximate surface area is 116 Å². The number of halogens is 1. The van der Waals surface area contributed by atoms with Gasteiger partial charge in [0.25, 0.3) is 0 Å². The minimum Gasteiger partial charge on any atom is -0.207 e. The summed E-state index contributed by atoms with van der Waals surface area (Å²) in [6.45, 7) is 3.55. The van der Waals surface area contributed by atoms with Gasteiger partial charge < -0.3 is 0 Å². The first kappa shape index (κ1) is 15.2. The van der Waals surface area contributed by atoms with E-state index in [9.17, 15) is 8.42 Å². The van der Waals surface area contributed by atoms with Gasteiger partial charge in [0.2, 0.25) is 10.0 Å². The van der Waals surface area contributed by atoms with E-state index in [1.165, 1.54) is 11.4 Å². The molecule has 98 valence electrons. The fraction of sp³-hybridized carbons (Fsp3) is 0.417. The van der Waals surface area contributed by atoms with Crippen LogP contribution in [0.3, 0.4) is 0 Å². The lowest BCUT2D eigenvalue weighted by molar-refractivity contribution is 0.393. The molecule has 1 rings (SSSR count). The molecule has 0 saturated heterocycles. The number of benzene rings is 1. The monoisotopic (exact) mass is 330 g/mol. The number of nitriles is 1. The van der Waals surface area contributed by atoms with Crippen molar-refractivity contribution in [2.45, 2.75) is 31.2 Å². The summed E-state index contributed by atoms with van der Waals surface area (Å²) in [5.41, 5.74) is 0.865. The molecule has 0 heterocycles. The molecule has 1 aromatic carbocycles. The van der Waals surface area contributed by atoms with E-state index < -0.39 is 10.0 Å². The van der Waals surface area contributed by atoms with Crippen molar-refractivity contribution in [1.82, 2.24) is 4.31 Å². The van der Waals surface area contributed by atoms with E-state index in [0.29, 0.717) is 0 Å². The molecule has 0 aromatic heterocycles. The van der Waals surface area contributed by atoms with Gasteiger partial charge in [0, 0.05) is 17.6 Å². The van der Waals surface area contributed by atoms with Crippen LogP contribution in [0.25, 0.3) is 0 Å². The molecule has 1 unspecified atom stereocenters. The summed E-state index contributed by atoms with van der Waals surface area (Å²) in [6, 6.07) is 6.66. The van der Waals surface area contributed by atoms with E-state index >= 15 is 0 Å². The molecule has 0 aliphatic heterocycles. The van der Waals surface area contributed by atoms with Gasteiger partial charge in [-0.15, -0.1) is 0 Å². The van der Waals surface area contributed by atoms with Gasteiger partial charge in [-0.25, -0.2) is 8.42 Å². The maximum Gasteiger partial charge on any atom is 0.243 e. The van der Waals surface area contributed by atoms with Crippen LogP contribution in [-0.2, 0) is 10.0 Å². The maximum absolute atomic E-state index is 12.3. The lowest BCUT2D eigenvalue weighted by Crippen LogP contribution is -2.34. The Hall–Kier alpha value is -0.900. The van der Waals surface area contributed by atoms with Gasteiger partial charge in [-0.1, -0.05) is 15.9 Å². The van der Waals surface area contributed by atoms with Gasteiger partial charge in [-0.3, -0.25) is 0 Å². The summed E-state index contributed by atoms with van der Waals surface area (Å²) >= 11 is 3.29. The number of nitrogens with zero attached hydrogens (tertiary/aromatic N) is 2. The predicted molar refractivity (Wildman–Crippen MR) is 73.5 cm³/mol. The third-order valence-electron chi connectivity index (χ3n) is 2.70. The van der Waals surface area contributed by atoms with Crippen LogP contribution in [0.2, 0.25) is 0 Å². The molecular formula is C12H15BrN2O2S. The Morgan fingerprint density at radius 3 is 2.56 bits per heavy atom. The molecule has 0 fully saturated rings. The zero-order valence-electron chi connectivity index (χ0n) is 10.5. The molecule has 0 saturated carbocycles. The molecule has 0 aliphatic carbocycles. The van der Waals surface area contributed by atoms with Crippen molar-refractivity contribution in [1.29, 1.82) is 5.26 Å². The van der Waals surface area contributed by atoms with E-state index in [1.54, 1.807) is 19.1 Å². The van der Waals surface area contributed by atoms with Gasteiger partial charge in [0.05, 0.1) is 17.4 Å². The second-order valence-electron chi connectivity index (χ2n) is 4.20. The molecule has 6 heteroatoms. The third-order valence-corrected chi connectivity index (χ3v) is 5.11. The van der Waals surface area contributed by atoms with Crippen molar-refractivity contribution < 1.29 is 8.42 Å². The van der Waals surface area contributed by atoms with Gasteiger partial charge in [0.15, 0.2) is 0 Å². The number of hydrogen-bond acceptors (Lipinski definition) is 3. The van der Waals surface area contributed by atoms with Crippen molar-refractivity contribution in [3.63, 3.8) is 0 Å². The molecule has 0 radical (unpaired) electrons. The van der Waals surface area contributed by atoms with Crippen LogP contribution in [-0.4, -0.2) is 25.8 Å². The maximum atomic E-state index is 12.3. The lowest BCUT2D eigenvalue weighted by atomic mass is 10.2. The van der Waals surface area contributed by atoms with Crippen LogP contribution in [0.1, 0.15) is 18.9 Å². The quantitative estimate of drug-likeness (QED) is 0.852. The van der Waals surface area contributed by atoms with Gasteiger partial charge in [0.1, 0.15) is 0 Å². The fourth-order valence-corrected chi connectivity index (χ4v) is 3.77. The Morgan fingerprint density at radius 1 is 1.44 bits per heavy atom. The first-order chi connectivity index (χ1) is 8.28. The number of rotatable bonds is 4. The van der Waals surface area contributed by atoms with Crippen molar-refractivity contribution in [3.05, 3.63) is 28.2 Å². The molecule has 0 N–H and O–H groups in total. The molecule has 0 bridgehead atoms. The van der Waals surface area contributed by atoms with E-state index in [2.05, 4.69) is 15.9 Å². The molecule has 0 amide bonds. The van der Waals surface area contributed by atoms with Gasteiger partial charge >= 0.3 is 0 Å². The van der Waals surface area contributed by atoms with Gasteiger partial charge in [-0.05, 0) is 37.6 Å². The first-order valence-corrected chi connectivity index (χ1v) is 7.64. The molecular weight excluding hydrogens is 316 g/mol. The Bertz CT molecular complexity index is 558. The summed E-state index contributed by atoms with van der Waals surface area (Å²) in [6.07, 6.45) is 0.169. The molecule has 1 atom stereocenters. The van der Waals surface area contributed by atoms with Crippen LogP contribution >= 0.6 is 15.9 Å². The molecule has 0 aliphatic rings. The van der Waals surface area contributed by atoms with Crippen LogP contribution in [0.5, 0.6) is 0 Å². The Morgan fingerprint density at radius 2 is 2.06 bits per heavy atom. The predicted octanol–water partition coefficient (Wildman–Crippen LogP) is 2.68. The summed E-state index contributed by atoms with van der Waals surface area (Å²) in [5.74, 6) is 0. The zero-order chi connectivity index (χ0) is 13.9. The Balaban J connectivity index is 3.17. The average Bonchev–Trinajstić information content (AvgIpc) is 2.27. The summed E-state index contributed by atoms with van der Waals surface area (Å²) in [7, 11) is -2.06. The SMILES string of the molecule is Cc1cc(Br)cc(S(=O)(=O)N(C)C(C)CC#N)c1. The van der Waals surface area contributed by atoms with Crippen LogP contribution in [0, 0.1) is 18.3 Å². The average molecular weight is 331 g/mol. The molecule has 4 nitrogen and oxygen atoms in total. The van der Waals surface area contributed by atoms with E-state index in [0.717, 1.165) is 10.0 Å². The van der Waals surface area contributed by atoms with E-state index in [-0.39, 0.29) is 17.4 Å². The lowest BCUT2D eigenvalue weighted by Gasteiger charge is -2.22. The third kappa shape index (κ3) is 3.31. The van der Waals surface area contributed by atoms with Crippen molar-refractivity contribution in [3.8, 4) is 6.07 Å². The van der Waals surface area contributed by atoms with E-state index in [4.69, 9.17) is 5.26 Å². The summed E-state index contributed by atoms with van der Waals surface area (Å²) < 4.78 is 26.7.